The number of rotatable bonds is 7. The van der Waals surface area contributed by atoms with Crippen molar-refractivity contribution in [3.63, 3.8) is 0 Å². The zero-order chi connectivity index (χ0) is 24.0. The molecule has 0 spiro atoms. The maximum atomic E-state index is 12.4. The Balaban J connectivity index is 1.25. The van der Waals surface area contributed by atoms with Crippen molar-refractivity contribution in [2.75, 3.05) is 6.61 Å². The summed E-state index contributed by atoms with van der Waals surface area (Å²) in [4.78, 5) is 24.3. The monoisotopic (exact) mass is 483 g/mol. The van der Waals surface area contributed by atoms with Crippen LogP contribution in [0.25, 0.3) is 6.08 Å². The average molecular weight is 484 g/mol. The van der Waals surface area contributed by atoms with Crippen molar-refractivity contribution in [3.05, 3.63) is 84.3 Å². The fraction of sp³-hybridized carbons (Fsp3) is 0.130. The summed E-state index contributed by atoms with van der Waals surface area (Å²) in [6, 6.07) is 16.2. The summed E-state index contributed by atoms with van der Waals surface area (Å²) in [5.74, 6) is 0.344. The van der Waals surface area contributed by atoms with Crippen LogP contribution in [0.3, 0.4) is 0 Å². The van der Waals surface area contributed by atoms with Crippen LogP contribution in [0.15, 0.2) is 82.3 Å². The molecule has 2 heterocycles. The number of furan rings is 1. The minimum atomic E-state index is -3.71. The molecule has 0 bridgehead atoms. The Labute approximate surface area is 195 Å². The van der Waals surface area contributed by atoms with Gasteiger partial charge in [0.1, 0.15) is 12.4 Å². The average Bonchev–Trinajstić information content (AvgIpc) is 3.39. The molecule has 34 heavy (non-hydrogen) atoms. The highest BCUT2D eigenvalue weighted by Gasteiger charge is 2.27. The maximum absolute atomic E-state index is 12.4. The SMILES string of the molecule is O=C(/C=C/c1ccc(S(=O)(=O)NCc2ccco2)cc1)NNC(=O)C1COc2ccccc2O1. The van der Waals surface area contributed by atoms with E-state index in [9.17, 15) is 18.0 Å². The zero-order valence-corrected chi connectivity index (χ0v) is 18.6. The van der Waals surface area contributed by atoms with E-state index in [0.29, 0.717) is 22.8 Å². The lowest BCUT2D eigenvalue weighted by Gasteiger charge is -2.25. The second kappa shape index (κ2) is 10.2. The zero-order valence-electron chi connectivity index (χ0n) is 17.8. The Kier molecular flexibility index (Phi) is 6.95. The third-order valence-electron chi connectivity index (χ3n) is 4.74. The highest BCUT2D eigenvalue weighted by atomic mass is 32.2. The van der Waals surface area contributed by atoms with Crippen LogP contribution >= 0.6 is 0 Å². The second-order valence-corrected chi connectivity index (χ2v) is 8.92. The van der Waals surface area contributed by atoms with Crippen LogP contribution < -0.4 is 25.0 Å². The Hall–Kier alpha value is -4.09. The first-order chi connectivity index (χ1) is 16.4. The first kappa shape index (κ1) is 23.1. The molecular weight excluding hydrogens is 462 g/mol. The Bertz CT molecular complexity index is 1290. The highest BCUT2D eigenvalue weighted by Crippen LogP contribution is 2.30. The predicted molar refractivity (Wildman–Crippen MR) is 121 cm³/mol. The quantitative estimate of drug-likeness (QED) is 0.344. The molecule has 0 aliphatic carbocycles. The summed E-state index contributed by atoms with van der Waals surface area (Å²) in [7, 11) is -3.71. The van der Waals surface area contributed by atoms with Crippen molar-refractivity contribution in [3.8, 4) is 11.5 Å². The van der Waals surface area contributed by atoms with Crippen LogP contribution in [-0.2, 0) is 26.2 Å². The van der Waals surface area contributed by atoms with Crippen molar-refractivity contribution in [2.45, 2.75) is 17.5 Å². The van der Waals surface area contributed by atoms with E-state index in [1.807, 2.05) is 0 Å². The van der Waals surface area contributed by atoms with Gasteiger partial charge in [-0.25, -0.2) is 13.1 Å². The van der Waals surface area contributed by atoms with Crippen molar-refractivity contribution < 1.29 is 31.9 Å². The number of hydrogen-bond acceptors (Lipinski definition) is 7. The van der Waals surface area contributed by atoms with E-state index >= 15 is 0 Å². The number of benzene rings is 2. The molecule has 4 rings (SSSR count). The molecule has 11 heteroatoms. The van der Waals surface area contributed by atoms with Gasteiger partial charge < -0.3 is 13.9 Å². The number of ether oxygens (including phenoxy) is 2. The molecule has 1 aliphatic heterocycles. The number of hydrogen-bond donors (Lipinski definition) is 3. The van der Waals surface area contributed by atoms with Gasteiger partial charge in [0.05, 0.1) is 17.7 Å². The van der Waals surface area contributed by atoms with E-state index in [-0.39, 0.29) is 18.0 Å². The van der Waals surface area contributed by atoms with Crippen molar-refractivity contribution >= 4 is 27.9 Å². The molecule has 2 amide bonds. The molecule has 1 atom stereocenters. The molecule has 1 aromatic heterocycles. The minimum absolute atomic E-state index is 0.0141. The normalized spacial score (nSPS) is 15.1. The van der Waals surface area contributed by atoms with Crippen LogP contribution in [0.5, 0.6) is 11.5 Å². The summed E-state index contributed by atoms with van der Waals surface area (Å²) in [6.45, 7) is 0.0492. The topological polar surface area (TPSA) is 136 Å². The van der Waals surface area contributed by atoms with Gasteiger partial charge in [0.2, 0.25) is 16.1 Å². The van der Waals surface area contributed by atoms with Crippen LogP contribution in [0.4, 0.5) is 0 Å². The molecule has 176 valence electrons. The van der Waals surface area contributed by atoms with Gasteiger partial charge in [0, 0.05) is 6.08 Å². The van der Waals surface area contributed by atoms with Gasteiger partial charge in [-0.3, -0.25) is 20.4 Å². The molecule has 0 saturated carbocycles. The van der Waals surface area contributed by atoms with Crippen LogP contribution in [0, 0.1) is 0 Å². The van der Waals surface area contributed by atoms with E-state index in [1.165, 1.54) is 30.5 Å². The number of para-hydroxylation sites is 2. The number of carbonyl (C=O) groups is 2. The minimum Gasteiger partial charge on any atom is -0.485 e. The lowest BCUT2D eigenvalue weighted by Crippen LogP contribution is -2.50. The second-order valence-electron chi connectivity index (χ2n) is 7.15. The number of fused-ring (bicyclic) bond motifs is 1. The Morgan fingerprint density at radius 1 is 0.971 bits per heavy atom. The highest BCUT2D eigenvalue weighted by molar-refractivity contribution is 7.89. The largest absolute Gasteiger partial charge is 0.485 e. The number of nitrogens with one attached hydrogen (secondary N) is 3. The summed E-state index contributed by atoms with van der Waals surface area (Å²) >= 11 is 0. The number of amides is 2. The van der Waals surface area contributed by atoms with E-state index in [4.69, 9.17) is 13.9 Å². The third kappa shape index (κ3) is 5.82. The molecule has 1 unspecified atom stereocenters. The Morgan fingerprint density at radius 3 is 2.47 bits per heavy atom. The lowest BCUT2D eigenvalue weighted by atomic mass is 10.2. The van der Waals surface area contributed by atoms with Crippen LogP contribution in [0.1, 0.15) is 11.3 Å². The Morgan fingerprint density at radius 2 is 1.74 bits per heavy atom. The molecule has 1 aliphatic rings. The van der Waals surface area contributed by atoms with Crippen LogP contribution in [0.2, 0.25) is 0 Å². The molecule has 3 N–H and O–H groups in total. The molecular formula is C23H21N3O7S. The van der Waals surface area contributed by atoms with Gasteiger partial charge in [0.25, 0.3) is 11.8 Å². The standard InChI is InChI=1S/C23H21N3O7S/c27-22(25-26-23(28)21-15-32-19-5-1-2-6-20(19)33-21)12-9-16-7-10-18(11-8-16)34(29,30)24-14-17-4-3-13-31-17/h1-13,21,24H,14-15H2,(H,25,27)(H,26,28)/b12-9+. The van der Waals surface area contributed by atoms with Crippen molar-refractivity contribution in [1.29, 1.82) is 0 Å². The van der Waals surface area contributed by atoms with Crippen molar-refractivity contribution in [2.24, 2.45) is 0 Å². The number of sulfonamides is 1. The number of hydrazine groups is 1. The lowest BCUT2D eigenvalue weighted by molar-refractivity contribution is -0.134. The molecule has 10 nitrogen and oxygen atoms in total. The van der Waals surface area contributed by atoms with Gasteiger partial charge >= 0.3 is 0 Å². The van der Waals surface area contributed by atoms with Crippen molar-refractivity contribution in [1.82, 2.24) is 15.6 Å². The molecule has 2 aromatic carbocycles. The number of carbonyl (C=O) groups excluding carboxylic acids is 2. The maximum Gasteiger partial charge on any atom is 0.283 e. The van der Waals surface area contributed by atoms with Gasteiger partial charge in [-0.2, -0.15) is 0 Å². The smallest absolute Gasteiger partial charge is 0.283 e. The summed E-state index contributed by atoms with van der Waals surface area (Å²) in [5, 5.41) is 0. The summed E-state index contributed by atoms with van der Waals surface area (Å²) in [5.41, 5.74) is 5.14. The molecule has 0 radical (unpaired) electrons. The van der Waals surface area contributed by atoms with Gasteiger partial charge in [-0.05, 0) is 48.0 Å². The fourth-order valence-electron chi connectivity index (χ4n) is 2.99. The van der Waals surface area contributed by atoms with Gasteiger partial charge in [-0.15, -0.1) is 0 Å². The molecule has 0 fully saturated rings. The van der Waals surface area contributed by atoms with Crippen LogP contribution in [-0.4, -0.2) is 32.9 Å². The summed E-state index contributed by atoms with van der Waals surface area (Å²) in [6.07, 6.45) is 3.23. The molecule has 3 aromatic rings. The molecule has 0 saturated heterocycles. The van der Waals surface area contributed by atoms with Gasteiger partial charge in [0.15, 0.2) is 11.5 Å². The summed E-state index contributed by atoms with van der Waals surface area (Å²) < 4.78 is 43.3. The van der Waals surface area contributed by atoms with E-state index < -0.39 is 27.9 Å². The van der Waals surface area contributed by atoms with E-state index in [1.54, 1.807) is 48.5 Å². The van der Waals surface area contributed by atoms with E-state index in [0.717, 1.165) is 0 Å². The van der Waals surface area contributed by atoms with E-state index in [2.05, 4.69) is 15.6 Å². The first-order valence-corrected chi connectivity index (χ1v) is 11.7. The first-order valence-electron chi connectivity index (χ1n) is 10.2. The third-order valence-corrected chi connectivity index (χ3v) is 6.16. The fourth-order valence-corrected chi connectivity index (χ4v) is 3.98. The predicted octanol–water partition coefficient (Wildman–Crippen LogP) is 1.76. The van der Waals surface area contributed by atoms with Gasteiger partial charge in [-0.1, -0.05) is 24.3 Å².